The molecule has 2 aliphatic heterocycles. The first-order chi connectivity index (χ1) is 15.3. The molecule has 2 saturated heterocycles. The van der Waals surface area contributed by atoms with Gasteiger partial charge in [0.1, 0.15) is 5.75 Å². The number of likely N-dealkylation sites (tertiary alicyclic amines) is 1. The van der Waals surface area contributed by atoms with Crippen LogP contribution in [0.4, 0.5) is 18.9 Å². The first-order valence-electron chi connectivity index (χ1n) is 10.7. The fraction of sp³-hybridized carbons (Fsp3) is 0.391. The van der Waals surface area contributed by atoms with Gasteiger partial charge in [-0.15, -0.1) is 0 Å². The van der Waals surface area contributed by atoms with Gasteiger partial charge in [0.2, 0.25) is 5.82 Å². The van der Waals surface area contributed by atoms with Crippen molar-refractivity contribution in [3.63, 3.8) is 0 Å². The number of carbonyl (C=O) groups is 1. The number of nitrogens with zero attached hydrogens (tertiary/aromatic N) is 4. The zero-order valence-corrected chi connectivity index (χ0v) is 17.5. The molecule has 32 heavy (non-hydrogen) atoms. The van der Waals surface area contributed by atoms with Crippen molar-refractivity contribution < 1.29 is 22.7 Å². The van der Waals surface area contributed by atoms with Crippen molar-refractivity contribution in [2.24, 2.45) is 11.8 Å². The number of anilines is 1. The molecule has 4 heterocycles. The van der Waals surface area contributed by atoms with E-state index in [0.717, 1.165) is 11.6 Å². The summed E-state index contributed by atoms with van der Waals surface area (Å²) in [5.41, 5.74) is 0.406. The molecule has 2 fully saturated rings. The van der Waals surface area contributed by atoms with E-state index in [1.54, 1.807) is 32.7 Å². The van der Waals surface area contributed by atoms with E-state index in [1.165, 1.54) is 12.1 Å². The monoisotopic (exact) mass is 444 g/mol. The average molecular weight is 444 g/mol. The van der Waals surface area contributed by atoms with Crippen LogP contribution in [-0.2, 0) is 6.18 Å². The lowest BCUT2D eigenvalue weighted by Crippen LogP contribution is -2.34. The number of ether oxygens (including phenoxy) is 1. The second kappa shape index (κ2) is 7.72. The zero-order valence-electron chi connectivity index (χ0n) is 17.5. The SMILES string of the molecule is CCOc1ccc2cnc(C(=O)N3C[C@@H]4CN(c5ccccc5C(F)(F)F)C[C@@H]4C3)n2c1. The van der Waals surface area contributed by atoms with Crippen molar-refractivity contribution >= 4 is 17.1 Å². The third-order valence-electron chi connectivity index (χ3n) is 6.33. The number of alkyl halides is 3. The third-order valence-corrected chi connectivity index (χ3v) is 6.33. The van der Waals surface area contributed by atoms with Crippen molar-refractivity contribution in [3.05, 3.63) is 60.2 Å². The van der Waals surface area contributed by atoms with E-state index in [9.17, 15) is 18.0 Å². The quantitative estimate of drug-likeness (QED) is 0.611. The summed E-state index contributed by atoms with van der Waals surface area (Å²) in [5, 5.41) is 0. The fourth-order valence-electron chi connectivity index (χ4n) is 4.87. The number of pyridine rings is 1. The Balaban J connectivity index is 1.32. The second-order valence-corrected chi connectivity index (χ2v) is 8.32. The number of hydrogen-bond acceptors (Lipinski definition) is 4. The summed E-state index contributed by atoms with van der Waals surface area (Å²) in [7, 11) is 0. The van der Waals surface area contributed by atoms with Gasteiger partial charge in [-0.25, -0.2) is 4.98 Å². The van der Waals surface area contributed by atoms with Gasteiger partial charge in [-0.05, 0) is 31.2 Å². The van der Waals surface area contributed by atoms with Gasteiger partial charge < -0.3 is 14.5 Å². The number of benzene rings is 1. The lowest BCUT2D eigenvalue weighted by atomic mass is 10.0. The molecular formula is C23H23F3N4O2. The molecule has 0 spiro atoms. The third kappa shape index (κ3) is 3.55. The van der Waals surface area contributed by atoms with Gasteiger partial charge in [-0.1, -0.05) is 12.1 Å². The van der Waals surface area contributed by atoms with Gasteiger partial charge in [0.15, 0.2) is 0 Å². The molecule has 1 amide bonds. The Labute approximate surface area is 183 Å². The first-order valence-corrected chi connectivity index (χ1v) is 10.7. The summed E-state index contributed by atoms with van der Waals surface area (Å²) in [6, 6.07) is 9.38. The van der Waals surface area contributed by atoms with Crippen LogP contribution >= 0.6 is 0 Å². The first kappa shape index (κ1) is 20.7. The number of fused-ring (bicyclic) bond motifs is 2. The second-order valence-electron chi connectivity index (χ2n) is 8.32. The largest absolute Gasteiger partial charge is 0.492 e. The number of halogens is 3. The molecule has 0 bridgehead atoms. The Morgan fingerprint density at radius 1 is 1.09 bits per heavy atom. The van der Waals surface area contributed by atoms with E-state index in [-0.39, 0.29) is 23.4 Å². The molecule has 9 heteroatoms. The molecule has 2 aliphatic rings. The minimum Gasteiger partial charge on any atom is -0.492 e. The Hall–Kier alpha value is -3.23. The Morgan fingerprint density at radius 3 is 2.50 bits per heavy atom. The molecule has 5 rings (SSSR count). The van der Waals surface area contributed by atoms with Crippen LogP contribution in [0.15, 0.2) is 48.8 Å². The van der Waals surface area contributed by atoms with Crippen LogP contribution in [0.5, 0.6) is 5.75 Å². The van der Waals surface area contributed by atoms with Crippen molar-refractivity contribution in [1.29, 1.82) is 0 Å². The highest BCUT2D eigenvalue weighted by molar-refractivity contribution is 5.92. The van der Waals surface area contributed by atoms with Crippen LogP contribution in [0.3, 0.4) is 0 Å². The molecule has 168 valence electrons. The number of hydrogen-bond donors (Lipinski definition) is 0. The van der Waals surface area contributed by atoms with Crippen LogP contribution in [0.1, 0.15) is 23.1 Å². The van der Waals surface area contributed by atoms with Gasteiger partial charge in [-0.3, -0.25) is 9.20 Å². The highest BCUT2D eigenvalue weighted by Crippen LogP contribution is 2.41. The smallest absolute Gasteiger partial charge is 0.418 e. The van der Waals surface area contributed by atoms with Crippen molar-refractivity contribution in [2.45, 2.75) is 13.1 Å². The van der Waals surface area contributed by atoms with E-state index < -0.39 is 11.7 Å². The lowest BCUT2D eigenvalue weighted by Gasteiger charge is -2.25. The molecular weight excluding hydrogens is 421 g/mol. The number of aromatic nitrogens is 2. The topological polar surface area (TPSA) is 50.1 Å². The molecule has 6 nitrogen and oxygen atoms in total. The van der Waals surface area contributed by atoms with Crippen LogP contribution in [0.25, 0.3) is 5.52 Å². The van der Waals surface area contributed by atoms with Gasteiger partial charge in [0.25, 0.3) is 5.91 Å². The molecule has 2 aromatic heterocycles. The van der Waals surface area contributed by atoms with Crippen molar-refractivity contribution in [3.8, 4) is 5.75 Å². The Kier molecular flexibility index (Phi) is 4.98. The van der Waals surface area contributed by atoms with Gasteiger partial charge in [0.05, 0.1) is 30.1 Å². The highest BCUT2D eigenvalue weighted by atomic mass is 19.4. The normalized spacial score (nSPS) is 20.8. The summed E-state index contributed by atoms with van der Waals surface area (Å²) in [5.74, 6) is 1.07. The molecule has 0 aliphatic carbocycles. The summed E-state index contributed by atoms with van der Waals surface area (Å²) >= 11 is 0. The zero-order chi connectivity index (χ0) is 22.5. The summed E-state index contributed by atoms with van der Waals surface area (Å²) < 4.78 is 47.5. The molecule has 0 N–H and O–H groups in total. The van der Waals surface area contributed by atoms with E-state index in [2.05, 4.69) is 4.98 Å². The number of carbonyl (C=O) groups excluding carboxylic acids is 1. The molecule has 0 saturated carbocycles. The number of amides is 1. The molecule has 3 aromatic rings. The number of rotatable bonds is 4. The standard InChI is InChI=1S/C23H23F3N4O2/c1-2-32-18-8-7-17-9-27-21(30(17)14-18)22(31)29-12-15-10-28(11-16(15)13-29)20-6-4-3-5-19(20)23(24,25)26/h3-9,14-16H,2,10-13H2,1H3/t15-,16+. The number of para-hydroxylation sites is 1. The molecule has 1 aromatic carbocycles. The molecule has 0 unspecified atom stereocenters. The van der Waals surface area contributed by atoms with Gasteiger partial charge in [-0.2, -0.15) is 13.2 Å². The maximum Gasteiger partial charge on any atom is 0.418 e. The minimum atomic E-state index is -4.39. The minimum absolute atomic E-state index is 0.130. The van der Waals surface area contributed by atoms with Crippen LogP contribution in [0, 0.1) is 11.8 Å². The predicted molar refractivity (Wildman–Crippen MR) is 113 cm³/mol. The average Bonchev–Trinajstić information content (AvgIpc) is 3.46. The van der Waals surface area contributed by atoms with E-state index in [0.29, 0.717) is 44.4 Å². The fourth-order valence-corrected chi connectivity index (χ4v) is 4.87. The Morgan fingerprint density at radius 2 is 1.81 bits per heavy atom. The predicted octanol–water partition coefficient (Wildman–Crippen LogP) is 3.96. The van der Waals surface area contributed by atoms with E-state index >= 15 is 0 Å². The number of imidazole rings is 1. The Bertz CT molecular complexity index is 1150. The lowest BCUT2D eigenvalue weighted by molar-refractivity contribution is -0.137. The highest BCUT2D eigenvalue weighted by Gasteiger charge is 2.44. The summed E-state index contributed by atoms with van der Waals surface area (Å²) in [4.78, 5) is 21.1. The maximum atomic E-state index is 13.4. The van der Waals surface area contributed by atoms with Crippen LogP contribution in [0.2, 0.25) is 0 Å². The maximum absolute atomic E-state index is 13.4. The van der Waals surface area contributed by atoms with E-state index in [4.69, 9.17) is 4.74 Å². The van der Waals surface area contributed by atoms with E-state index in [1.807, 2.05) is 19.1 Å². The molecule has 0 radical (unpaired) electrons. The summed E-state index contributed by atoms with van der Waals surface area (Å²) in [6.45, 7) is 4.43. The van der Waals surface area contributed by atoms with Gasteiger partial charge in [0, 0.05) is 43.7 Å². The van der Waals surface area contributed by atoms with Crippen molar-refractivity contribution in [2.75, 3.05) is 37.7 Å². The molecule has 2 atom stereocenters. The van der Waals surface area contributed by atoms with Crippen LogP contribution < -0.4 is 9.64 Å². The van der Waals surface area contributed by atoms with Crippen LogP contribution in [-0.4, -0.2) is 53.0 Å². The van der Waals surface area contributed by atoms with Gasteiger partial charge >= 0.3 is 6.18 Å². The van der Waals surface area contributed by atoms with Crippen molar-refractivity contribution in [1.82, 2.24) is 14.3 Å². The summed E-state index contributed by atoms with van der Waals surface area (Å²) in [6.07, 6.45) is -0.986.